The zero-order valence-corrected chi connectivity index (χ0v) is 13.6. The van der Waals surface area contributed by atoms with Gasteiger partial charge in [0.1, 0.15) is 5.25 Å². The molecule has 2 heterocycles. The number of fused-ring (bicyclic) bond motifs is 1. The summed E-state index contributed by atoms with van der Waals surface area (Å²) < 4.78 is 0.899. The van der Waals surface area contributed by atoms with Crippen molar-refractivity contribution in [2.45, 2.75) is 18.1 Å². The van der Waals surface area contributed by atoms with E-state index in [1.807, 2.05) is 24.3 Å². The van der Waals surface area contributed by atoms with Crippen LogP contribution in [0.5, 0.6) is 0 Å². The maximum atomic E-state index is 12.3. The molecule has 0 bridgehead atoms. The molecule has 2 amide bonds. The predicted molar refractivity (Wildman–Crippen MR) is 87.4 cm³/mol. The minimum atomic E-state index is -0.412. The van der Waals surface area contributed by atoms with Crippen LogP contribution in [0.15, 0.2) is 33.7 Å². The molecule has 1 aromatic rings. The molecule has 110 valence electrons. The number of carbonyl (C=O) groups is 2. The number of halogens is 1. The molecule has 0 saturated carbocycles. The summed E-state index contributed by atoms with van der Waals surface area (Å²) in [6.45, 7) is 1.44. The first-order valence-corrected chi connectivity index (χ1v) is 8.38. The van der Waals surface area contributed by atoms with E-state index in [1.165, 1.54) is 11.8 Å². The molecule has 0 spiro atoms. The molecule has 7 heteroatoms. The molecule has 1 fully saturated rings. The van der Waals surface area contributed by atoms with Crippen molar-refractivity contribution in [3.63, 3.8) is 0 Å². The van der Waals surface area contributed by atoms with Crippen LogP contribution in [0.4, 0.5) is 5.69 Å². The molecule has 1 saturated heterocycles. The zero-order chi connectivity index (χ0) is 14.8. The molecule has 2 aliphatic heterocycles. The Labute approximate surface area is 135 Å². The number of amidine groups is 1. The average molecular weight is 368 g/mol. The maximum Gasteiger partial charge on any atom is 0.238 e. The minimum absolute atomic E-state index is 0.0124. The van der Waals surface area contributed by atoms with Crippen LogP contribution < -0.4 is 5.32 Å². The van der Waals surface area contributed by atoms with E-state index in [-0.39, 0.29) is 18.2 Å². The second-order valence-corrected chi connectivity index (χ2v) is 6.96. The highest BCUT2D eigenvalue weighted by molar-refractivity contribution is 9.10. The van der Waals surface area contributed by atoms with Crippen LogP contribution in [0.2, 0.25) is 0 Å². The third kappa shape index (κ3) is 3.29. The first-order chi connectivity index (χ1) is 10.1. The van der Waals surface area contributed by atoms with Gasteiger partial charge in [-0.25, -0.2) is 0 Å². The Hall–Kier alpha value is -1.34. The second-order valence-electron chi connectivity index (χ2n) is 4.87. The Morgan fingerprint density at radius 2 is 2.33 bits per heavy atom. The van der Waals surface area contributed by atoms with Gasteiger partial charge < -0.3 is 5.32 Å². The van der Waals surface area contributed by atoms with Gasteiger partial charge in [-0.15, -0.1) is 0 Å². The largest absolute Gasteiger partial charge is 0.325 e. The fourth-order valence-electron chi connectivity index (χ4n) is 2.29. The monoisotopic (exact) mass is 367 g/mol. The van der Waals surface area contributed by atoms with Crippen LogP contribution in [0.25, 0.3) is 0 Å². The van der Waals surface area contributed by atoms with Crippen molar-refractivity contribution in [1.29, 1.82) is 0 Å². The lowest BCUT2D eigenvalue weighted by Gasteiger charge is -2.33. The number of hydrogen-bond donors (Lipinski definition) is 1. The molecular formula is C14H14BrN3O2S. The lowest BCUT2D eigenvalue weighted by Crippen LogP contribution is -2.47. The SMILES string of the molecule is O=C(Nc1cccc(Br)c1)[C@@H]1CC(=O)N2CCCN=C2S1. The highest BCUT2D eigenvalue weighted by Crippen LogP contribution is 2.29. The quantitative estimate of drug-likeness (QED) is 0.873. The summed E-state index contributed by atoms with van der Waals surface area (Å²) in [7, 11) is 0. The van der Waals surface area contributed by atoms with Gasteiger partial charge in [0.05, 0.1) is 0 Å². The molecule has 0 aliphatic carbocycles. The number of carbonyl (C=O) groups excluding carboxylic acids is 2. The standard InChI is InChI=1S/C14H14BrN3O2S/c15-9-3-1-4-10(7-9)17-13(20)11-8-12(19)18-6-2-5-16-14(18)21-11/h1,3-4,7,11H,2,5-6,8H2,(H,17,20)/t11-/m0/s1. The molecule has 1 aromatic carbocycles. The minimum Gasteiger partial charge on any atom is -0.325 e. The van der Waals surface area contributed by atoms with Crippen LogP contribution in [0, 0.1) is 0 Å². The van der Waals surface area contributed by atoms with E-state index in [4.69, 9.17) is 0 Å². The Balaban J connectivity index is 1.70. The van der Waals surface area contributed by atoms with E-state index in [1.54, 1.807) is 4.90 Å². The van der Waals surface area contributed by atoms with Gasteiger partial charge in [-0.1, -0.05) is 33.8 Å². The zero-order valence-electron chi connectivity index (χ0n) is 11.2. The summed E-state index contributed by atoms with van der Waals surface area (Å²) in [5, 5.41) is 3.13. The summed E-state index contributed by atoms with van der Waals surface area (Å²) in [6, 6.07) is 7.40. The summed E-state index contributed by atoms with van der Waals surface area (Å²) in [4.78, 5) is 30.5. The van der Waals surface area contributed by atoms with E-state index in [0.29, 0.717) is 11.7 Å². The van der Waals surface area contributed by atoms with Gasteiger partial charge in [0.15, 0.2) is 5.17 Å². The molecule has 5 nitrogen and oxygen atoms in total. The van der Waals surface area contributed by atoms with Gasteiger partial charge in [0, 0.05) is 29.7 Å². The van der Waals surface area contributed by atoms with Gasteiger partial charge in [-0.3, -0.25) is 19.5 Å². The topological polar surface area (TPSA) is 61.8 Å². The van der Waals surface area contributed by atoms with Gasteiger partial charge in [-0.2, -0.15) is 0 Å². The molecule has 0 radical (unpaired) electrons. The highest BCUT2D eigenvalue weighted by Gasteiger charge is 2.36. The maximum absolute atomic E-state index is 12.3. The number of aliphatic imine (C=N–C) groups is 1. The van der Waals surface area contributed by atoms with Crippen LogP contribution in [-0.2, 0) is 9.59 Å². The van der Waals surface area contributed by atoms with E-state index in [9.17, 15) is 9.59 Å². The number of benzene rings is 1. The molecular weight excluding hydrogens is 354 g/mol. The second kappa shape index (κ2) is 6.19. The van der Waals surface area contributed by atoms with Crippen molar-refractivity contribution in [1.82, 2.24) is 4.90 Å². The number of rotatable bonds is 2. The van der Waals surface area contributed by atoms with Crippen LogP contribution in [-0.4, -0.2) is 40.2 Å². The normalized spacial score (nSPS) is 21.6. The lowest BCUT2D eigenvalue weighted by atomic mass is 10.2. The van der Waals surface area contributed by atoms with E-state index in [0.717, 1.165) is 23.1 Å². The number of hydrogen-bond acceptors (Lipinski definition) is 4. The Morgan fingerprint density at radius 3 is 3.14 bits per heavy atom. The van der Waals surface area contributed by atoms with Gasteiger partial charge in [-0.05, 0) is 24.6 Å². The first kappa shape index (κ1) is 14.6. The number of anilines is 1. The number of thioether (sulfide) groups is 1. The average Bonchev–Trinajstić information content (AvgIpc) is 2.47. The van der Waals surface area contributed by atoms with Gasteiger partial charge in [0.2, 0.25) is 11.8 Å². The van der Waals surface area contributed by atoms with Crippen molar-refractivity contribution < 1.29 is 9.59 Å². The first-order valence-electron chi connectivity index (χ1n) is 6.71. The number of nitrogens with zero attached hydrogens (tertiary/aromatic N) is 2. The third-order valence-electron chi connectivity index (χ3n) is 3.31. The van der Waals surface area contributed by atoms with Crippen molar-refractivity contribution in [2.75, 3.05) is 18.4 Å². The van der Waals surface area contributed by atoms with Crippen LogP contribution >= 0.6 is 27.7 Å². The van der Waals surface area contributed by atoms with Crippen LogP contribution in [0.3, 0.4) is 0 Å². The molecule has 2 aliphatic rings. The molecule has 21 heavy (non-hydrogen) atoms. The highest BCUT2D eigenvalue weighted by atomic mass is 79.9. The van der Waals surface area contributed by atoms with Crippen LogP contribution in [0.1, 0.15) is 12.8 Å². The van der Waals surface area contributed by atoms with Crippen molar-refractivity contribution in [3.8, 4) is 0 Å². The number of nitrogens with one attached hydrogen (secondary N) is 1. The van der Waals surface area contributed by atoms with E-state index < -0.39 is 5.25 Å². The summed E-state index contributed by atoms with van der Waals surface area (Å²) in [6.07, 6.45) is 1.12. The fraction of sp³-hybridized carbons (Fsp3) is 0.357. The molecule has 1 N–H and O–H groups in total. The Kier molecular flexibility index (Phi) is 4.30. The molecule has 0 unspecified atom stereocenters. The van der Waals surface area contributed by atoms with Crippen molar-refractivity contribution >= 4 is 50.4 Å². The third-order valence-corrected chi connectivity index (χ3v) is 5.03. The predicted octanol–water partition coefficient (Wildman–Crippen LogP) is 2.48. The fourth-order valence-corrected chi connectivity index (χ4v) is 3.82. The molecule has 3 rings (SSSR count). The molecule has 0 aromatic heterocycles. The smallest absolute Gasteiger partial charge is 0.238 e. The molecule has 1 atom stereocenters. The van der Waals surface area contributed by atoms with Crippen molar-refractivity contribution in [3.05, 3.63) is 28.7 Å². The van der Waals surface area contributed by atoms with E-state index in [2.05, 4.69) is 26.2 Å². The van der Waals surface area contributed by atoms with Gasteiger partial charge in [0.25, 0.3) is 0 Å². The number of amides is 2. The lowest BCUT2D eigenvalue weighted by molar-refractivity contribution is -0.129. The Morgan fingerprint density at radius 1 is 1.48 bits per heavy atom. The van der Waals surface area contributed by atoms with E-state index >= 15 is 0 Å². The summed E-state index contributed by atoms with van der Waals surface area (Å²) in [5.41, 5.74) is 0.718. The van der Waals surface area contributed by atoms with Gasteiger partial charge >= 0.3 is 0 Å². The summed E-state index contributed by atoms with van der Waals surface area (Å²) >= 11 is 4.75. The summed E-state index contributed by atoms with van der Waals surface area (Å²) in [5.74, 6) is -0.166. The van der Waals surface area contributed by atoms with Crippen molar-refractivity contribution in [2.24, 2.45) is 4.99 Å². The Bertz CT molecular complexity index is 620.